The minimum Gasteiger partial charge on any atom is -0.487 e. The Morgan fingerprint density at radius 2 is 1.84 bits per heavy atom. The normalized spacial score (nSPS) is 22.9. The third-order valence-corrected chi connectivity index (χ3v) is 7.89. The minimum absolute atomic E-state index is 0.175. The van der Waals surface area contributed by atoms with E-state index in [1.54, 1.807) is 11.0 Å². The van der Waals surface area contributed by atoms with Crippen LogP contribution in [0.2, 0.25) is 0 Å². The average molecular weight is 521 g/mol. The fourth-order valence-corrected chi connectivity index (χ4v) is 5.90. The number of hydrogen-bond donors (Lipinski definition) is 0. The van der Waals surface area contributed by atoms with E-state index >= 15 is 0 Å². The van der Waals surface area contributed by atoms with Gasteiger partial charge in [-0.15, -0.1) is 0 Å². The molecule has 3 aliphatic heterocycles. The van der Waals surface area contributed by atoms with Crippen LogP contribution >= 0.6 is 0 Å². The molecule has 5 rings (SSSR count). The van der Waals surface area contributed by atoms with Gasteiger partial charge in [0.25, 0.3) is 5.91 Å². The summed E-state index contributed by atoms with van der Waals surface area (Å²) in [5, 5.41) is 0. The van der Waals surface area contributed by atoms with Gasteiger partial charge in [-0.25, -0.2) is 4.79 Å². The number of esters is 1. The molecule has 2 aromatic rings. The summed E-state index contributed by atoms with van der Waals surface area (Å²) in [6, 6.07) is 7.56. The van der Waals surface area contributed by atoms with Gasteiger partial charge in [0.05, 0.1) is 11.8 Å². The zero-order valence-corrected chi connectivity index (χ0v) is 21.0. The number of hydrogen-bond acceptors (Lipinski definition) is 6. The molecule has 0 bridgehead atoms. The molecular weight excluding hydrogens is 489 g/mol. The summed E-state index contributed by atoms with van der Waals surface area (Å²) < 4.78 is 55.9. The van der Waals surface area contributed by atoms with Crippen LogP contribution in [-0.2, 0) is 22.5 Å². The lowest BCUT2D eigenvalue weighted by Gasteiger charge is -2.51. The fraction of sp³-hybridized carbons (Fsp3) is 0.556. The minimum atomic E-state index is -5.07. The molecular formula is C27H31F3N2O5. The molecule has 7 nitrogen and oxygen atoms in total. The maximum absolute atomic E-state index is 13.2. The number of amides is 1. The Hall–Kier alpha value is -3.01. The molecule has 0 aliphatic carbocycles. The molecule has 37 heavy (non-hydrogen) atoms. The first kappa shape index (κ1) is 25.6. The molecule has 2 fully saturated rings. The van der Waals surface area contributed by atoms with Gasteiger partial charge in [0.15, 0.2) is 0 Å². The van der Waals surface area contributed by atoms with Crippen molar-refractivity contribution in [2.24, 2.45) is 5.41 Å². The van der Waals surface area contributed by atoms with E-state index in [4.69, 9.17) is 13.9 Å². The Balaban J connectivity index is 1.32. The SMILES string of the molecule is CC1(C)Cc2cccc(CN3CCC4(CCN(C(=O)c5ccoc5)CC4)C(OC(=O)C(F)(F)F)C3)c2O1. The fourth-order valence-electron chi connectivity index (χ4n) is 5.90. The lowest BCUT2D eigenvalue weighted by atomic mass is 9.69. The first-order valence-corrected chi connectivity index (χ1v) is 12.6. The van der Waals surface area contributed by atoms with E-state index in [2.05, 4.69) is 0 Å². The summed E-state index contributed by atoms with van der Waals surface area (Å²) in [5.74, 6) is -1.50. The second kappa shape index (κ2) is 9.38. The van der Waals surface area contributed by atoms with Crippen LogP contribution in [0, 0.1) is 5.41 Å². The maximum Gasteiger partial charge on any atom is 0.490 e. The quantitative estimate of drug-likeness (QED) is 0.549. The molecule has 4 heterocycles. The Bertz CT molecular complexity index is 1150. The van der Waals surface area contributed by atoms with Crippen LogP contribution in [0.25, 0.3) is 0 Å². The summed E-state index contributed by atoms with van der Waals surface area (Å²) in [4.78, 5) is 28.4. The summed E-state index contributed by atoms with van der Waals surface area (Å²) in [6.07, 6.45) is -0.926. The molecule has 1 spiro atoms. The molecule has 2 saturated heterocycles. The van der Waals surface area contributed by atoms with Crippen LogP contribution < -0.4 is 4.74 Å². The predicted octanol–water partition coefficient (Wildman–Crippen LogP) is 4.60. The lowest BCUT2D eigenvalue weighted by molar-refractivity contribution is -0.216. The van der Waals surface area contributed by atoms with E-state index in [-0.39, 0.29) is 18.1 Å². The van der Waals surface area contributed by atoms with Crippen molar-refractivity contribution in [2.75, 3.05) is 26.2 Å². The zero-order chi connectivity index (χ0) is 26.4. The number of nitrogens with zero attached hydrogens (tertiary/aromatic N) is 2. The molecule has 1 amide bonds. The number of furan rings is 1. The summed E-state index contributed by atoms with van der Waals surface area (Å²) >= 11 is 0. The number of likely N-dealkylation sites (tertiary alicyclic amines) is 2. The number of benzene rings is 1. The number of ether oxygens (including phenoxy) is 2. The number of para-hydroxylation sites is 1. The van der Waals surface area contributed by atoms with E-state index in [0.717, 1.165) is 23.3 Å². The van der Waals surface area contributed by atoms with Crippen LogP contribution in [0.3, 0.4) is 0 Å². The highest BCUT2D eigenvalue weighted by Crippen LogP contribution is 2.45. The smallest absolute Gasteiger partial charge is 0.487 e. The van der Waals surface area contributed by atoms with E-state index in [9.17, 15) is 22.8 Å². The number of rotatable bonds is 4. The van der Waals surface area contributed by atoms with Gasteiger partial charge in [-0.05, 0) is 51.3 Å². The molecule has 200 valence electrons. The zero-order valence-electron chi connectivity index (χ0n) is 21.0. The highest BCUT2D eigenvalue weighted by molar-refractivity contribution is 5.93. The molecule has 1 unspecified atom stereocenters. The van der Waals surface area contributed by atoms with Crippen molar-refractivity contribution in [1.82, 2.24) is 9.80 Å². The van der Waals surface area contributed by atoms with Gasteiger partial charge in [-0.2, -0.15) is 13.2 Å². The Labute approximate surface area is 213 Å². The maximum atomic E-state index is 13.2. The topological polar surface area (TPSA) is 72.2 Å². The van der Waals surface area contributed by atoms with Crippen molar-refractivity contribution in [3.05, 3.63) is 53.5 Å². The predicted molar refractivity (Wildman–Crippen MR) is 127 cm³/mol. The second-order valence-corrected chi connectivity index (χ2v) is 11.0. The van der Waals surface area contributed by atoms with Crippen molar-refractivity contribution < 1.29 is 36.7 Å². The number of carbonyl (C=O) groups excluding carboxylic acids is 2. The van der Waals surface area contributed by atoms with Crippen LogP contribution in [0.15, 0.2) is 41.2 Å². The molecule has 1 atom stereocenters. The molecule has 0 N–H and O–H groups in total. The molecule has 10 heteroatoms. The van der Waals surface area contributed by atoms with Gasteiger partial charge >= 0.3 is 12.1 Å². The monoisotopic (exact) mass is 520 g/mol. The lowest BCUT2D eigenvalue weighted by Crippen LogP contribution is -2.57. The summed E-state index contributed by atoms with van der Waals surface area (Å²) in [7, 11) is 0. The molecule has 0 radical (unpaired) electrons. The van der Waals surface area contributed by atoms with Gasteiger partial charge in [0.1, 0.15) is 23.7 Å². The average Bonchev–Trinajstić information content (AvgIpc) is 3.48. The third kappa shape index (κ3) is 5.21. The number of fused-ring (bicyclic) bond motifs is 1. The Morgan fingerprint density at radius 1 is 1.11 bits per heavy atom. The van der Waals surface area contributed by atoms with E-state index in [1.807, 2.05) is 36.9 Å². The molecule has 1 aromatic heterocycles. The van der Waals surface area contributed by atoms with Gasteiger partial charge in [0.2, 0.25) is 0 Å². The number of halogens is 3. The molecule has 1 aromatic carbocycles. The Kier molecular flexibility index (Phi) is 6.50. The van der Waals surface area contributed by atoms with Crippen molar-refractivity contribution in [2.45, 2.75) is 64.0 Å². The number of piperidine rings is 2. The standard InChI is InChI=1S/C27H31F3N2O5/c1-25(2)14-18-4-3-5-19(22(18)37-25)15-31-10-7-26(21(16-31)36-24(34)27(28,29)30)8-11-32(12-9-26)23(33)20-6-13-35-17-20/h3-6,13,17,21H,7-12,14-16H2,1-2H3. The Morgan fingerprint density at radius 3 is 2.51 bits per heavy atom. The highest BCUT2D eigenvalue weighted by Gasteiger charge is 2.51. The van der Waals surface area contributed by atoms with Crippen molar-refractivity contribution in [3.63, 3.8) is 0 Å². The van der Waals surface area contributed by atoms with Gasteiger partial charge in [0, 0.05) is 43.6 Å². The molecule has 0 saturated carbocycles. The van der Waals surface area contributed by atoms with Crippen LogP contribution in [0.5, 0.6) is 5.75 Å². The number of carbonyl (C=O) groups is 2. The summed E-state index contributed by atoms with van der Waals surface area (Å²) in [6.45, 7) is 6.11. The largest absolute Gasteiger partial charge is 0.490 e. The van der Waals surface area contributed by atoms with Gasteiger partial charge < -0.3 is 18.8 Å². The van der Waals surface area contributed by atoms with E-state index in [1.165, 1.54) is 12.5 Å². The van der Waals surface area contributed by atoms with Crippen molar-refractivity contribution in [1.29, 1.82) is 0 Å². The van der Waals surface area contributed by atoms with Crippen LogP contribution in [-0.4, -0.2) is 65.7 Å². The number of alkyl halides is 3. The van der Waals surface area contributed by atoms with Crippen molar-refractivity contribution >= 4 is 11.9 Å². The van der Waals surface area contributed by atoms with Gasteiger partial charge in [-0.1, -0.05) is 18.2 Å². The first-order chi connectivity index (χ1) is 17.5. The van der Waals surface area contributed by atoms with Crippen molar-refractivity contribution in [3.8, 4) is 5.75 Å². The highest BCUT2D eigenvalue weighted by atomic mass is 19.4. The van der Waals surface area contributed by atoms with Crippen LogP contribution in [0.4, 0.5) is 13.2 Å². The second-order valence-electron chi connectivity index (χ2n) is 11.0. The third-order valence-electron chi connectivity index (χ3n) is 7.89. The van der Waals surface area contributed by atoms with E-state index in [0.29, 0.717) is 51.0 Å². The molecule has 3 aliphatic rings. The summed E-state index contributed by atoms with van der Waals surface area (Å²) in [5.41, 5.74) is 1.59. The van der Waals surface area contributed by atoms with Crippen LogP contribution in [0.1, 0.15) is 54.6 Å². The van der Waals surface area contributed by atoms with Gasteiger partial charge in [-0.3, -0.25) is 9.69 Å². The van der Waals surface area contributed by atoms with E-state index < -0.39 is 23.7 Å². The first-order valence-electron chi connectivity index (χ1n) is 12.6.